The van der Waals surface area contributed by atoms with Crippen LogP contribution in [0.2, 0.25) is 0 Å². The number of aromatic hydroxyl groups is 1. The highest BCUT2D eigenvalue weighted by atomic mass is 32.3. The molecule has 3 aromatic rings. The van der Waals surface area contributed by atoms with Crippen LogP contribution in [-0.4, -0.2) is 45.4 Å². The average molecular weight is 550 g/mol. The molecule has 0 aliphatic carbocycles. The van der Waals surface area contributed by atoms with Gasteiger partial charge in [-0.15, -0.1) is 0 Å². The van der Waals surface area contributed by atoms with Gasteiger partial charge in [0.2, 0.25) is 0 Å². The molecule has 202 valence electrons. The fourth-order valence-electron chi connectivity index (χ4n) is 4.37. The van der Waals surface area contributed by atoms with Crippen LogP contribution in [0.4, 0.5) is 13.2 Å². The molecular formula is C26H28F3N4O4S+. The van der Waals surface area contributed by atoms with Crippen molar-refractivity contribution in [1.82, 2.24) is 9.62 Å². The Kier molecular flexibility index (Phi) is 8.07. The van der Waals surface area contributed by atoms with E-state index in [2.05, 4.69) is 16.9 Å². The van der Waals surface area contributed by atoms with E-state index in [1.807, 2.05) is 12.1 Å². The summed E-state index contributed by atoms with van der Waals surface area (Å²) in [7, 11) is -3.59. The van der Waals surface area contributed by atoms with Crippen LogP contribution in [0.1, 0.15) is 24.0 Å². The van der Waals surface area contributed by atoms with Gasteiger partial charge in [-0.3, -0.25) is 4.99 Å². The molecule has 2 unspecified atom stereocenters. The van der Waals surface area contributed by atoms with Gasteiger partial charge in [-0.25, -0.2) is 0 Å². The van der Waals surface area contributed by atoms with Gasteiger partial charge in [0.15, 0.2) is 0 Å². The van der Waals surface area contributed by atoms with Gasteiger partial charge in [0.25, 0.3) is 0 Å². The summed E-state index contributed by atoms with van der Waals surface area (Å²) < 4.78 is 70.2. The number of benzene rings is 2. The monoisotopic (exact) mass is 549 g/mol. The molecule has 0 amide bonds. The van der Waals surface area contributed by atoms with E-state index in [9.17, 15) is 27.0 Å². The fourth-order valence-corrected chi connectivity index (χ4v) is 6.04. The van der Waals surface area contributed by atoms with Gasteiger partial charge in [0.05, 0.1) is 17.3 Å². The largest absolute Gasteiger partial charge is 0.507 e. The summed E-state index contributed by atoms with van der Waals surface area (Å²) in [6, 6.07) is 11.0. The molecule has 1 aliphatic heterocycles. The summed E-state index contributed by atoms with van der Waals surface area (Å²) >= 11 is 0. The van der Waals surface area contributed by atoms with Gasteiger partial charge in [-0.2, -0.15) is 17.7 Å². The van der Waals surface area contributed by atoms with Crippen molar-refractivity contribution in [2.75, 3.05) is 19.6 Å². The van der Waals surface area contributed by atoms with E-state index in [0.717, 1.165) is 23.9 Å². The number of nitrogens with two attached hydrogens (primary N) is 1. The molecule has 2 atom stereocenters. The standard InChI is InChI=1S/C26H27F3N4O4S/c1-2-32-19(14-22(30)21-10-9-18(13-23(21)34)26(27,28)29)15-31-16-20-7-5-11-33(20)38(35,36)25-12-17-6-3-4-8-24(17)37-25/h2-4,6,8-10,12-14,20,31H,1,5,7,11,15-16H2,(H3-,30,32,34,35,36)/p+1. The third-order valence-electron chi connectivity index (χ3n) is 6.21. The zero-order chi connectivity index (χ0) is 27.5. The van der Waals surface area contributed by atoms with Crippen molar-refractivity contribution in [3.05, 3.63) is 78.5 Å². The average Bonchev–Trinajstić information content (AvgIpc) is 3.51. The first-order valence-corrected chi connectivity index (χ1v) is 13.3. The Labute approximate surface area is 218 Å². The number of rotatable bonds is 9. The van der Waals surface area contributed by atoms with E-state index in [4.69, 9.17) is 10.2 Å². The van der Waals surface area contributed by atoms with E-state index in [-0.39, 0.29) is 28.9 Å². The maximum atomic E-state index is 13.4. The first-order chi connectivity index (χ1) is 18.0. The normalized spacial score (nSPS) is 19.1. The van der Waals surface area contributed by atoms with Crippen molar-refractivity contribution in [3.63, 3.8) is 0 Å². The van der Waals surface area contributed by atoms with Crippen molar-refractivity contribution in [1.29, 1.82) is 0 Å². The van der Waals surface area contributed by atoms with Crippen LogP contribution in [0.15, 0.2) is 81.9 Å². The van der Waals surface area contributed by atoms with Crippen molar-refractivity contribution in [2.45, 2.75) is 30.2 Å². The minimum absolute atomic E-state index is 0.00608. The maximum absolute atomic E-state index is 13.4. The summed E-state index contributed by atoms with van der Waals surface area (Å²) in [6.45, 7) is 4.54. The van der Waals surface area contributed by atoms with Crippen LogP contribution in [-0.2, 0) is 20.8 Å². The second-order valence-electron chi connectivity index (χ2n) is 8.80. The molecule has 0 bridgehead atoms. The molecule has 1 aromatic heterocycles. The molecule has 4 rings (SSSR count). The van der Waals surface area contributed by atoms with Crippen LogP contribution in [0, 0.1) is 0 Å². The topological polar surface area (TPSA) is 124 Å². The van der Waals surface area contributed by atoms with Crippen molar-refractivity contribution >= 4 is 32.8 Å². The molecule has 2 aromatic carbocycles. The van der Waals surface area contributed by atoms with Gasteiger partial charge in [-0.05, 0) is 47.4 Å². The number of halogens is 3. The Balaban J connectivity index is 1.43. The number of phenols is 1. The van der Waals surface area contributed by atoms with Crippen LogP contribution in [0.5, 0.6) is 5.75 Å². The lowest BCUT2D eigenvalue weighted by Crippen LogP contribution is -2.45. The third-order valence-corrected chi connectivity index (χ3v) is 8.05. The number of nitrogens with zero attached hydrogens (tertiary/aromatic N) is 2. The zero-order valence-corrected chi connectivity index (χ0v) is 21.1. The number of hydrogen-bond acceptors (Lipinski definition) is 6. The van der Waals surface area contributed by atoms with Gasteiger partial charge in [-0.1, -0.05) is 29.1 Å². The highest BCUT2D eigenvalue weighted by Crippen LogP contribution is 2.35. The van der Waals surface area contributed by atoms with Gasteiger partial charge in [0.1, 0.15) is 11.3 Å². The quantitative estimate of drug-likeness (QED) is 0.219. The predicted octanol–water partition coefficient (Wildman–Crippen LogP) is 5.04. The predicted molar refractivity (Wildman–Crippen MR) is 141 cm³/mol. The molecule has 5 N–H and O–H groups in total. The number of alkyl halides is 3. The Morgan fingerprint density at radius 2 is 2.05 bits per heavy atom. The first-order valence-electron chi connectivity index (χ1n) is 11.8. The number of phenolic OH excluding ortho intramolecular Hbond substituents is 1. The SMILES string of the molecule is C=CN=C(/C=C(\N)c1ccc(C(F)(F)F)cc1O)CNCC1CCCN1[S+](=O)(O)c1cc2ccccc2o1. The molecule has 0 saturated carbocycles. The lowest BCUT2D eigenvalue weighted by molar-refractivity contribution is -0.137. The highest BCUT2D eigenvalue weighted by Gasteiger charge is 2.48. The lowest BCUT2D eigenvalue weighted by Gasteiger charge is -2.20. The van der Waals surface area contributed by atoms with Crippen molar-refractivity contribution in [3.8, 4) is 5.75 Å². The fraction of sp³-hybridized carbons (Fsp3) is 0.269. The smallest absolute Gasteiger partial charge is 0.416 e. The molecule has 1 aliphatic rings. The van der Waals surface area contributed by atoms with Crippen LogP contribution in [0.3, 0.4) is 0 Å². The summed E-state index contributed by atoms with van der Waals surface area (Å²) in [5, 5.41) is 14.0. The van der Waals surface area contributed by atoms with Gasteiger partial charge >= 0.3 is 21.7 Å². The highest BCUT2D eigenvalue weighted by molar-refractivity contribution is 7.95. The zero-order valence-electron chi connectivity index (χ0n) is 20.3. The Hall–Kier alpha value is -3.45. The molecule has 0 spiro atoms. The summed E-state index contributed by atoms with van der Waals surface area (Å²) in [6.07, 6.45) is -0.456. The number of hydrogen-bond donors (Lipinski definition) is 4. The summed E-state index contributed by atoms with van der Waals surface area (Å²) in [5.41, 5.74) is 6.04. The number of furan rings is 1. The molecule has 12 heteroatoms. The number of para-hydroxylation sites is 1. The Morgan fingerprint density at radius 3 is 2.74 bits per heavy atom. The second-order valence-corrected chi connectivity index (χ2v) is 10.7. The molecule has 2 heterocycles. The molecular weight excluding hydrogens is 521 g/mol. The summed E-state index contributed by atoms with van der Waals surface area (Å²) in [5.74, 6) is -0.607. The maximum Gasteiger partial charge on any atom is 0.416 e. The summed E-state index contributed by atoms with van der Waals surface area (Å²) in [4.78, 5) is 4.15. The first kappa shape index (κ1) is 27.6. The van der Waals surface area contributed by atoms with E-state index in [0.29, 0.717) is 36.9 Å². The minimum Gasteiger partial charge on any atom is -0.507 e. The number of nitrogens with one attached hydrogen (secondary N) is 1. The van der Waals surface area contributed by atoms with E-state index >= 15 is 0 Å². The number of aliphatic imine (C=N–C) groups is 1. The van der Waals surface area contributed by atoms with Crippen LogP contribution >= 0.6 is 0 Å². The molecule has 8 nitrogen and oxygen atoms in total. The van der Waals surface area contributed by atoms with E-state index in [1.54, 1.807) is 18.2 Å². The Morgan fingerprint density at radius 1 is 1.29 bits per heavy atom. The van der Waals surface area contributed by atoms with Gasteiger partial charge in [0, 0.05) is 48.5 Å². The van der Waals surface area contributed by atoms with Crippen molar-refractivity contribution in [2.24, 2.45) is 10.7 Å². The van der Waals surface area contributed by atoms with Crippen LogP contribution in [0.25, 0.3) is 16.7 Å². The third kappa shape index (κ3) is 5.99. The van der Waals surface area contributed by atoms with E-state index in [1.165, 1.54) is 16.6 Å². The molecule has 0 radical (unpaired) electrons. The Bertz CT molecular complexity index is 1400. The number of fused-ring (bicyclic) bond motifs is 1. The van der Waals surface area contributed by atoms with E-state index < -0.39 is 27.9 Å². The molecule has 1 saturated heterocycles. The lowest BCUT2D eigenvalue weighted by atomic mass is 10.1. The molecule has 38 heavy (non-hydrogen) atoms. The minimum atomic E-state index is -4.59. The second kappa shape index (κ2) is 11.1. The van der Waals surface area contributed by atoms with Crippen molar-refractivity contribution < 1.29 is 31.5 Å². The van der Waals surface area contributed by atoms with Crippen LogP contribution < -0.4 is 11.1 Å². The molecule has 1 fully saturated rings. The van der Waals surface area contributed by atoms with Gasteiger partial charge < -0.3 is 20.6 Å².